The van der Waals surface area contributed by atoms with Crippen molar-refractivity contribution in [2.24, 2.45) is 0 Å². The molecule has 0 radical (unpaired) electrons. The molecule has 1 heterocycles. The van der Waals surface area contributed by atoms with E-state index in [4.69, 9.17) is 4.74 Å². The van der Waals surface area contributed by atoms with Crippen molar-refractivity contribution in [1.29, 1.82) is 0 Å². The quantitative estimate of drug-likeness (QED) is 0.633. The van der Waals surface area contributed by atoms with Crippen LogP contribution >= 0.6 is 0 Å². The number of hydrogen-bond acceptors (Lipinski definition) is 2. The molecule has 124 valence electrons. The Morgan fingerprint density at radius 2 is 1.48 bits per heavy atom. The molecular weight excluding hydrogens is 310 g/mol. The van der Waals surface area contributed by atoms with E-state index in [0.717, 1.165) is 22.6 Å². The van der Waals surface area contributed by atoms with Crippen LogP contribution in [-0.2, 0) is 11.4 Å². The summed E-state index contributed by atoms with van der Waals surface area (Å²) in [5.41, 5.74) is 3.23. The maximum absolute atomic E-state index is 12.0. The molecule has 0 aliphatic carbocycles. The normalized spacial score (nSPS) is 16.4. The van der Waals surface area contributed by atoms with Crippen molar-refractivity contribution < 1.29 is 9.53 Å². The molecule has 0 spiro atoms. The van der Waals surface area contributed by atoms with Gasteiger partial charge in [-0.05, 0) is 35.4 Å². The number of hydrogen-bond donors (Lipinski definition) is 0. The van der Waals surface area contributed by atoms with Crippen molar-refractivity contribution in [1.82, 2.24) is 0 Å². The number of nitrogens with zero attached hydrogens (tertiary/aromatic N) is 1. The smallest absolute Gasteiger partial charge is 0.230 e. The number of carbonyl (C=O) groups is 1. The number of β-lactam (4-membered cyclic amide) rings is 1. The Morgan fingerprint density at radius 3 is 2.12 bits per heavy atom. The summed E-state index contributed by atoms with van der Waals surface area (Å²) in [7, 11) is 0. The van der Waals surface area contributed by atoms with Gasteiger partial charge in [0.25, 0.3) is 0 Å². The summed E-state index contributed by atoms with van der Waals surface area (Å²) in [6.07, 6.45) is 0.555. The first-order valence-corrected chi connectivity index (χ1v) is 8.45. The summed E-state index contributed by atoms with van der Waals surface area (Å²) in [6, 6.07) is 28.1. The third kappa shape index (κ3) is 3.26. The molecule has 1 unspecified atom stereocenters. The minimum absolute atomic E-state index is 0.109. The third-order valence-electron chi connectivity index (χ3n) is 4.50. The SMILES string of the molecule is O=C1CC(c2ccc(OCc3ccccc3)cc2)N1c1ccccc1. The topological polar surface area (TPSA) is 29.5 Å². The highest BCUT2D eigenvalue weighted by atomic mass is 16.5. The lowest BCUT2D eigenvalue weighted by molar-refractivity contribution is -0.124. The van der Waals surface area contributed by atoms with Crippen LogP contribution in [0.3, 0.4) is 0 Å². The fourth-order valence-corrected chi connectivity index (χ4v) is 3.12. The Kier molecular flexibility index (Phi) is 4.21. The number of benzene rings is 3. The van der Waals surface area contributed by atoms with Gasteiger partial charge in [-0.2, -0.15) is 0 Å². The number of para-hydroxylation sites is 1. The van der Waals surface area contributed by atoms with Gasteiger partial charge in [-0.1, -0.05) is 60.7 Å². The van der Waals surface area contributed by atoms with Gasteiger partial charge in [-0.3, -0.25) is 4.79 Å². The van der Waals surface area contributed by atoms with E-state index in [0.29, 0.717) is 13.0 Å². The van der Waals surface area contributed by atoms with Crippen LogP contribution in [0.25, 0.3) is 0 Å². The molecule has 3 aromatic carbocycles. The van der Waals surface area contributed by atoms with Crippen LogP contribution in [0, 0.1) is 0 Å². The molecule has 1 saturated heterocycles. The Balaban J connectivity index is 1.44. The van der Waals surface area contributed by atoms with E-state index < -0.39 is 0 Å². The molecule has 0 aromatic heterocycles. The number of rotatable bonds is 5. The molecule has 3 nitrogen and oxygen atoms in total. The number of anilines is 1. The van der Waals surface area contributed by atoms with E-state index in [1.54, 1.807) is 0 Å². The highest BCUT2D eigenvalue weighted by Crippen LogP contribution is 2.39. The van der Waals surface area contributed by atoms with E-state index in [1.165, 1.54) is 0 Å². The molecule has 0 bridgehead atoms. The van der Waals surface area contributed by atoms with Crippen LogP contribution in [0.15, 0.2) is 84.9 Å². The van der Waals surface area contributed by atoms with Crippen LogP contribution in [0.4, 0.5) is 5.69 Å². The zero-order valence-electron chi connectivity index (χ0n) is 13.8. The van der Waals surface area contributed by atoms with E-state index in [9.17, 15) is 4.79 Å². The molecule has 3 heteroatoms. The minimum atomic E-state index is 0.109. The summed E-state index contributed by atoms with van der Waals surface area (Å²) in [4.78, 5) is 13.9. The maximum Gasteiger partial charge on any atom is 0.230 e. The van der Waals surface area contributed by atoms with E-state index in [2.05, 4.69) is 0 Å². The van der Waals surface area contributed by atoms with Gasteiger partial charge in [0.2, 0.25) is 5.91 Å². The van der Waals surface area contributed by atoms with Crippen molar-refractivity contribution >= 4 is 11.6 Å². The minimum Gasteiger partial charge on any atom is -0.489 e. The molecule has 0 saturated carbocycles. The molecule has 1 amide bonds. The molecule has 0 N–H and O–H groups in total. The van der Waals surface area contributed by atoms with Gasteiger partial charge in [0.05, 0.1) is 12.5 Å². The summed E-state index contributed by atoms with van der Waals surface area (Å²) in [5.74, 6) is 1.00. The summed E-state index contributed by atoms with van der Waals surface area (Å²) < 4.78 is 5.83. The molecule has 1 fully saturated rings. The van der Waals surface area contributed by atoms with Crippen molar-refractivity contribution in [3.05, 3.63) is 96.1 Å². The summed E-state index contributed by atoms with van der Waals surface area (Å²) in [6.45, 7) is 0.554. The van der Waals surface area contributed by atoms with Crippen LogP contribution in [0.2, 0.25) is 0 Å². The lowest BCUT2D eigenvalue weighted by Gasteiger charge is -2.40. The number of carbonyl (C=O) groups excluding carboxylic acids is 1. The Morgan fingerprint density at radius 1 is 0.840 bits per heavy atom. The third-order valence-corrected chi connectivity index (χ3v) is 4.50. The summed E-state index contributed by atoms with van der Waals surface area (Å²) >= 11 is 0. The fraction of sp³-hybridized carbons (Fsp3) is 0.136. The zero-order chi connectivity index (χ0) is 17.1. The van der Waals surface area contributed by atoms with Crippen LogP contribution in [0.5, 0.6) is 5.75 Å². The van der Waals surface area contributed by atoms with Gasteiger partial charge in [-0.15, -0.1) is 0 Å². The lowest BCUT2D eigenvalue weighted by Crippen LogP contribution is -2.46. The van der Waals surface area contributed by atoms with Gasteiger partial charge < -0.3 is 9.64 Å². The van der Waals surface area contributed by atoms with Gasteiger partial charge in [0.15, 0.2) is 0 Å². The predicted molar refractivity (Wildman–Crippen MR) is 98.5 cm³/mol. The highest BCUT2D eigenvalue weighted by molar-refractivity contribution is 6.01. The lowest BCUT2D eigenvalue weighted by atomic mass is 9.93. The molecule has 1 aliphatic rings. The number of amides is 1. The number of ether oxygens (including phenoxy) is 1. The van der Waals surface area contributed by atoms with Gasteiger partial charge in [0, 0.05) is 5.69 Å². The predicted octanol–water partition coefficient (Wildman–Crippen LogP) is 4.74. The van der Waals surface area contributed by atoms with E-state index >= 15 is 0 Å². The average Bonchev–Trinajstić information content (AvgIpc) is 2.66. The Hall–Kier alpha value is -3.07. The second-order valence-electron chi connectivity index (χ2n) is 6.16. The van der Waals surface area contributed by atoms with E-state index in [-0.39, 0.29) is 11.9 Å². The molecular formula is C22H19NO2. The first-order chi connectivity index (χ1) is 12.3. The van der Waals surface area contributed by atoms with Crippen LogP contribution < -0.4 is 9.64 Å². The first kappa shape index (κ1) is 15.5. The zero-order valence-corrected chi connectivity index (χ0v) is 13.8. The second-order valence-corrected chi connectivity index (χ2v) is 6.16. The monoisotopic (exact) mass is 329 g/mol. The molecule has 25 heavy (non-hydrogen) atoms. The van der Waals surface area contributed by atoms with Crippen molar-refractivity contribution in [3.8, 4) is 5.75 Å². The second kappa shape index (κ2) is 6.81. The van der Waals surface area contributed by atoms with Gasteiger partial charge in [0.1, 0.15) is 12.4 Å². The molecule has 1 atom stereocenters. The summed E-state index contributed by atoms with van der Waals surface area (Å²) in [5, 5.41) is 0. The maximum atomic E-state index is 12.0. The van der Waals surface area contributed by atoms with Gasteiger partial charge in [-0.25, -0.2) is 0 Å². The molecule has 1 aliphatic heterocycles. The highest BCUT2D eigenvalue weighted by Gasteiger charge is 2.38. The standard InChI is InChI=1S/C22H19NO2/c24-22-15-21(23(22)19-9-5-2-6-10-19)18-11-13-20(14-12-18)25-16-17-7-3-1-4-8-17/h1-14,21H,15-16H2. The van der Waals surface area contributed by atoms with Crippen molar-refractivity contribution in [2.45, 2.75) is 19.1 Å². The van der Waals surface area contributed by atoms with Crippen molar-refractivity contribution in [2.75, 3.05) is 4.90 Å². The molecule has 4 rings (SSSR count). The van der Waals surface area contributed by atoms with Crippen molar-refractivity contribution in [3.63, 3.8) is 0 Å². The first-order valence-electron chi connectivity index (χ1n) is 8.45. The average molecular weight is 329 g/mol. The van der Waals surface area contributed by atoms with Crippen LogP contribution in [-0.4, -0.2) is 5.91 Å². The van der Waals surface area contributed by atoms with E-state index in [1.807, 2.05) is 89.8 Å². The fourth-order valence-electron chi connectivity index (χ4n) is 3.12. The Labute approximate surface area is 147 Å². The Bertz CT molecular complexity index is 844. The largest absolute Gasteiger partial charge is 0.489 e. The van der Waals surface area contributed by atoms with Crippen LogP contribution in [0.1, 0.15) is 23.6 Å². The molecule has 3 aromatic rings. The van der Waals surface area contributed by atoms with Gasteiger partial charge >= 0.3 is 0 Å².